The van der Waals surface area contributed by atoms with Crippen LogP contribution in [-0.2, 0) is 13.2 Å². The molecule has 0 aromatic heterocycles. The monoisotopic (exact) mass is 295 g/mol. The van der Waals surface area contributed by atoms with Gasteiger partial charge in [0, 0.05) is 12.1 Å². The van der Waals surface area contributed by atoms with Crippen molar-refractivity contribution in [3.63, 3.8) is 0 Å². The molecule has 0 amide bonds. The van der Waals surface area contributed by atoms with Gasteiger partial charge in [-0.25, -0.2) is 4.39 Å². The minimum absolute atomic E-state index is 0.203. The Morgan fingerprint density at radius 2 is 2.05 bits per heavy atom. The molecule has 0 heterocycles. The molecule has 0 saturated heterocycles. The van der Waals surface area contributed by atoms with Crippen molar-refractivity contribution in [3.8, 4) is 11.5 Å². The van der Waals surface area contributed by atoms with Crippen LogP contribution in [0, 0.1) is 5.82 Å². The number of methoxy groups -OCH3 is 1. The number of halogens is 2. The summed E-state index contributed by atoms with van der Waals surface area (Å²) in [6.45, 7) is 0.532. The SMILES string of the molecule is COc1ccc(COc2c(Cl)cccc2CN)cc1F. The molecule has 2 N–H and O–H groups in total. The van der Waals surface area contributed by atoms with Crippen LogP contribution in [0.4, 0.5) is 4.39 Å². The summed E-state index contributed by atoms with van der Waals surface area (Å²) in [6, 6.07) is 10.0. The Hall–Kier alpha value is -1.78. The van der Waals surface area contributed by atoms with Crippen LogP contribution in [-0.4, -0.2) is 7.11 Å². The van der Waals surface area contributed by atoms with E-state index in [1.54, 1.807) is 18.2 Å². The largest absolute Gasteiger partial charge is 0.494 e. The van der Waals surface area contributed by atoms with E-state index in [0.717, 1.165) is 5.56 Å². The number of rotatable bonds is 5. The maximum absolute atomic E-state index is 13.6. The van der Waals surface area contributed by atoms with E-state index in [1.807, 2.05) is 12.1 Å². The van der Waals surface area contributed by atoms with Crippen molar-refractivity contribution in [1.29, 1.82) is 0 Å². The smallest absolute Gasteiger partial charge is 0.165 e. The summed E-state index contributed by atoms with van der Waals surface area (Å²) in [5, 5.41) is 0.488. The van der Waals surface area contributed by atoms with E-state index < -0.39 is 5.82 Å². The predicted molar refractivity (Wildman–Crippen MR) is 76.6 cm³/mol. The minimum atomic E-state index is -0.424. The summed E-state index contributed by atoms with van der Waals surface area (Å²) in [4.78, 5) is 0. The Morgan fingerprint density at radius 3 is 2.70 bits per heavy atom. The molecule has 0 unspecified atom stereocenters. The first-order valence-electron chi connectivity index (χ1n) is 6.08. The van der Waals surface area contributed by atoms with Gasteiger partial charge in [0.2, 0.25) is 0 Å². The van der Waals surface area contributed by atoms with Gasteiger partial charge in [-0.3, -0.25) is 0 Å². The van der Waals surface area contributed by atoms with Gasteiger partial charge in [-0.1, -0.05) is 29.8 Å². The van der Waals surface area contributed by atoms with Crippen molar-refractivity contribution in [3.05, 3.63) is 58.4 Å². The highest BCUT2D eigenvalue weighted by Crippen LogP contribution is 2.29. The third-order valence-corrected chi connectivity index (χ3v) is 3.17. The topological polar surface area (TPSA) is 44.5 Å². The Labute approximate surface area is 122 Å². The first kappa shape index (κ1) is 14.6. The van der Waals surface area contributed by atoms with Gasteiger partial charge in [0.15, 0.2) is 11.6 Å². The van der Waals surface area contributed by atoms with Crippen LogP contribution >= 0.6 is 11.6 Å². The van der Waals surface area contributed by atoms with Crippen molar-refractivity contribution in [2.75, 3.05) is 7.11 Å². The van der Waals surface area contributed by atoms with Crippen LogP contribution in [0.15, 0.2) is 36.4 Å². The molecule has 0 aliphatic carbocycles. The van der Waals surface area contributed by atoms with E-state index >= 15 is 0 Å². The second-order valence-electron chi connectivity index (χ2n) is 4.19. The maximum Gasteiger partial charge on any atom is 0.165 e. The quantitative estimate of drug-likeness (QED) is 0.918. The molecule has 2 rings (SSSR count). The fourth-order valence-corrected chi connectivity index (χ4v) is 2.08. The molecule has 0 radical (unpaired) electrons. The molecular formula is C15H15ClFNO2. The molecule has 0 aliphatic heterocycles. The number of hydrogen-bond donors (Lipinski definition) is 1. The van der Waals surface area contributed by atoms with Crippen molar-refractivity contribution < 1.29 is 13.9 Å². The number of benzene rings is 2. The molecule has 20 heavy (non-hydrogen) atoms. The zero-order valence-electron chi connectivity index (χ0n) is 11.0. The predicted octanol–water partition coefficient (Wildman–Crippen LogP) is 3.53. The maximum atomic E-state index is 13.6. The molecule has 2 aromatic rings. The van der Waals surface area contributed by atoms with Crippen LogP contribution in [0.5, 0.6) is 11.5 Å². The van der Waals surface area contributed by atoms with Gasteiger partial charge in [0.1, 0.15) is 12.4 Å². The molecular weight excluding hydrogens is 281 g/mol. The first-order chi connectivity index (χ1) is 9.65. The van der Waals surface area contributed by atoms with Crippen LogP contribution in [0.25, 0.3) is 0 Å². The van der Waals surface area contributed by atoms with Gasteiger partial charge in [0.25, 0.3) is 0 Å². The molecule has 0 saturated carbocycles. The molecule has 5 heteroatoms. The molecule has 0 bridgehead atoms. The third kappa shape index (κ3) is 3.21. The lowest BCUT2D eigenvalue weighted by atomic mass is 10.2. The molecule has 0 fully saturated rings. The van der Waals surface area contributed by atoms with Gasteiger partial charge >= 0.3 is 0 Å². The third-order valence-electron chi connectivity index (χ3n) is 2.87. The zero-order valence-corrected chi connectivity index (χ0v) is 11.8. The first-order valence-corrected chi connectivity index (χ1v) is 6.46. The highest BCUT2D eigenvalue weighted by Gasteiger charge is 2.09. The minimum Gasteiger partial charge on any atom is -0.494 e. The average molecular weight is 296 g/mol. The summed E-state index contributed by atoms with van der Waals surface area (Å²) >= 11 is 6.08. The van der Waals surface area contributed by atoms with E-state index in [2.05, 4.69) is 0 Å². The number of ether oxygens (including phenoxy) is 2. The van der Waals surface area contributed by atoms with E-state index in [9.17, 15) is 4.39 Å². The molecule has 2 aromatic carbocycles. The summed E-state index contributed by atoms with van der Waals surface area (Å²) in [5.74, 6) is 0.314. The summed E-state index contributed by atoms with van der Waals surface area (Å²) in [5.41, 5.74) is 7.13. The lowest BCUT2D eigenvalue weighted by Gasteiger charge is -2.12. The number of nitrogens with two attached hydrogens (primary N) is 1. The van der Waals surface area contributed by atoms with Crippen LogP contribution in [0.2, 0.25) is 5.02 Å². The van der Waals surface area contributed by atoms with Crippen LogP contribution in [0.1, 0.15) is 11.1 Å². The van der Waals surface area contributed by atoms with Crippen molar-refractivity contribution in [1.82, 2.24) is 0 Å². The normalized spacial score (nSPS) is 10.4. The molecule has 3 nitrogen and oxygen atoms in total. The molecule has 0 atom stereocenters. The summed E-state index contributed by atoms with van der Waals surface area (Å²) < 4.78 is 24.1. The van der Waals surface area contributed by atoms with Crippen molar-refractivity contribution in [2.24, 2.45) is 5.73 Å². The molecule has 0 spiro atoms. The molecule has 0 aliphatic rings. The highest BCUT2D eigenvalue weighted by atomic mass is 35.5. The van der Waals surface area contributed by atoms with Gasteiger partial charge < -0.3 is 15.2 Å². The fourth-order valence-electron chi connectivity index (χ4n) is 1.83. The highest BCUT2D eigenvalue weighted by molar-refractivity contribution is 6.32. The summed E-state index contributed by atoms with van der Waals surface area (Å²) in [6.07, 6.45) is 0. The lowest BCUT2D eigenvalue weighted by molar-refractivity contribution is 0.302. The van der Waals surface area contributed by atoms with E-state index in [1.165, 1.54) is 13.2 Å². The number of hydrogen-bond acceptors (Lipinski definition) is 3. The second kappa shape index (κ2) is 6.59. The average Bonchev–Trinajstić information content (AvgIpc) is 2.46. The van der Waals surface area contributed by atoms with E-state index in [-0.39, 0.29) is 12.4 Å². The van der Waals surface area contributed by atoms with Crippen molar-refractivity contribution >= 4 is 11.6 Å². The Bertz CT molecular complexity index is 604. The van der Waals surface area contributed by atoms with Gasteiger partial charge in [-0.05, 0) is 23.8 Å². The second-order valence-corrected chi connectivity index (χ2v) is 4.60. The zero-order chi connectivity index (χ0) is 14.5. The molecule has 106 valence electrons. The van der Waals surface area contributed by atoms with Crippen LogP contribution in [0.3, 0.4) is 0 Å². The fraction of sp³-hybridized carbons (Fsp3) is 0.200. The van der Waals surface area contributed by atoms with Gasteiger partial charge in [-0.15, -0.1) is 0 Å². The lowest BCUT2D eigenvalue weighted by Crippen LogP contribution is -2.03. The summed E-state index contributed by atoms with van der Waals surface area (Å²) in [7, 11) is 1.42. The number of para-hydroxylation sites is 1. The Balaban J connectivity index is 2.15. The van der Waals surface area contributed by atoms with Gasteiger partial charge in [0.05, 0.1) is 12.1 Å². The Kier molecular flexibility index (Phi) is 4.82. The standard InChI is InChI=1S/C15H15ClFNO2/c1-19-14-6-5-10(7-13(14)17)9-20-15-11(8-18)3-2-4-12(15)16/h2-7H,8-9,18H2,1H3. The van der Waals surface area contributed by atoms with Crippen molar-refractivity contribution in [2.45, 2.75) is 13.2 Å². The van der Waals surface area contributed by atoms with E-state index in [0.29, 0.717) is 22.9 Å². The Morgan fingerprint density at radius 1 is 1.25 bits per heavy atom. The van der Waals surface area contributed by atoms with Crippen LogP contribution < -0.4 is 15.2 Å². The van der Waals surface area contributed by atoms with Gasteiger partial charge in [-0.2, -0.15) is 0 Å². The van der Waals surface area contributed by atoms with E-state index in [4.69, 9.17) is 26.8 Å².